The Balaban J connectivity index is 2.41. The number of halogens is 1. The molecular formula is C8H9ClO2. The molecule has 2 aliphatic rings. The third-order valence-electron chi connectivity index (χ3n) is 2.38. The summed E-state index contributed by atoms with van der Waals surface area (Å²) in [6, 6.07) is 0. The monoisotopic (exact) mass is 172 g/mol. The molecule has 3 heteroatoms. The lowest BCUT2D eigenvalue weighted by Crippen LogP contribution is -2.37. The van der Waals surface area contributed by atoms with Gasteiger partial charge in [-0.15, -0.1) is 0 Å². The van der Waals surface area contributed by atoms with Gasteiger partial charge in [-0.05, 0) is 19.8 Å². The first-order chi connectivity index (χ1) is 5.12. The molecule has 0 aromatic rings. The van der Waals surface area contributed by atoms with Crippen LogP contribution in [0, 0.1) is 0 Å². The lowest BCUT2D eigenvalue weighted by Gasteiger charge is -2.25. The van der Waals surface area contributed by atoms with Crippen molar-refractivity contribution in [3.05, 3.63) is 11.1 Å². The van der Waals surface area contributed by atoms with Gasteiger partial charge in [-0.3, -0.25) is 4.79 Å². The SMILES string of the molecule is CC12CCC(O1)C(Cl)=CC2=O. The van der Waals surface area contributed by atoms with Gasteiger partial charge in [-0.2, -0.15) is 0 Å². The molecule has 2 nitrogen and oxygen atoms in total. The topological polar surface area (TPSA) is 26.3 Å². The van der Waals surface area contributed by atoms with Gasteiger partial charge < -0.3 is 4.74 Å². The highest BCUT2D eigenvalue weighted by atomic mass is 35.5. The predicted molar refractivity (Wildman–Crippen MR) is 41.5 cm³/mol. The van der Waals surface area contributed by atoms with Gasteiger partial charge in [-0.1, -0.05) is 11.6 Å². The highest BCUT2D eigenvalue weighted by Crippen LogP contribution is 2.39. The van der Waals surface area contributed by atoms with Crippen LogP contribution in [0.5, 0.6) is 0 Å². The largest absolute Gasteiger partial charge is 0.358 e. The van der Waals surface area contributed by atoms with Crippen molar-refractivity contribution in [1.29, 1.82) is 0 Å². The highest BCUT2D eigenvalue weighted by Gasteiger charge is 2.45. The maximum absolute atomic E-state index is 11.3. The second-order valence-electron chi connectivity index (χ2n) is 3.27. The van der Waals surface area contributed by atoms with Gasteiger partial charge in [0.15, 0.2) is 5.78 Å². The maximum atomic E-state index is 11.3. The van der Waals surface area contributed by atoms with Crippen molar-refractivity contribution in [3.63, 3.8) is 0 Å². The minimum atomic E-state index is -0.566. The molecule has 1 fully saturated rings. The Morgan fingerprint density at radius 3 is 3.27 bits per heavy atom. The lowest BCUT2D eigenvalue weighted by atomic mass is 9.98. The third-order valence-corrected chi connectivity index (χ3v) is 2.74. The Labute approximate surface area is 70.2 Å². The number of carbonyl (C=O) groups is 1. The Morgan fingerprint density at radius 2 is 2.55 bits per heavy atom. The van der Waals surface area contributed by atoms with Gasteiger partial charge in [0.1, 0.15) is 5.60 Å². The van der Waals surface area contributed by atoms with Gasteiger partial charge in [-0.25, -0.2) is 0 Å². The molecule has 2 aliphatic heterocycles. The minimum Gasteiger partial charge on any atom is -0.358 e. The van der Waals surface area contributed by atoms with Gasteiger partial charge in [0.2, 0.25) is 0 Å². The smallest absolute Gasteiger partial charge is 0.188 e. The second-order valence-corrected chi connectivity index (χ2v) is 3.71. The summed E-state index contributed by atoms with van der Waals surface area (Å²) in [4.78, 5) is 11.3. The van der Waals surface area contributed by atoms with E-state index in [0.29, 0.717) is 5.03 Å². The zero-order valence-corrected chi connectivity index (χ0v) is 7.02. The van der Waals surface area contributed by atoms with Crippen LogP contribution in [0.4, 0.5) is 0 Å². The quantitative estimate of drug-likeness (QED) is 0.555. The van der Waals surface area contributed by atoms with Crippen LogP contribution in [-0.2, 0) is 9.53 Å². The summed E-state index contributed by atoms with van der Waals surface area (Å²) in [7, 11) is 0. The van der Waals surface area contributed by atoms with Crippen molar-refractivity contribution >= 4 is 17.4 Å². The molecule has 0 radical (unpaired) electrons. The molecule has 60 valence electrons. The van der Waals surface area contributed by atoms with E-state index in [1.807, 2.05) is 6.92 Å². The van der Waals surface area contributed by atoms with E-state index >= 15 is 0 Å². The van der Waals surface area contributed by atoms with Crippen LogP contribution < -0.4 is 0 Å². The van der Waals surface area contributed by atoms with E-state index < -0.39 is 5.60 Å². The number of fused-ring (bicyclic) bond motifs is 2. The highest BCUT2D eigenvalue weighted by molar-refractivity contribution is 6.32. The van der Waals surface area contributed by atoms with E-state index in [1.54, 1.807) is 0 Å². The normalized spacial score (nSPS) is 42.5. The molecule has 2 rings (SSSR count). The minimum absolute atomic E-state index is 0.0104. The number of hydrogen-bond donors (Lipinski definition) is 0. The molecule has 1 saturated heterocycles. The van der Waals surface area contributed by atoms with Gasteiger partial charge in [0, 0.05) is 6.08 Å². The second kappa shape index (κ2) is 2.08. The average Bonchev–Trinajstić information content (AvgIpc) is 2.28. The first-order valence-electron chi connectivity index (χ1n) is 3.71. The molecule has 0 aliphatic carbocycles. The summed E-state index contributed by atoms with van der Waals surface area (Å²) < 4.78 is 5.46. The van der Waals surface area contributed by atoms with Crippen molar-refractivity contribution in [3.8, 4) is 0 Å². The van der Waals surface area contributed by atoms with Crippen LogP contribution in [0.25, 0.3) is 0 Å². The van der Waals surface area contributed by atoms with Crippen molar-refractivity contribution < 1.29 is 9.53 Å². The summed E-state index contributed by atoms with van der Waals surface area (Å²) >= 11 is 5.78. The van der Waals surface area contributed by atoms with Crippen LogP contribution in [0.1, 0.15) is 19.8 Å². The first kappa shape index (κ1) is 7.32. The molecule has 0 N–H and O–H groups in total. The average molecular weight is 173 g/mol. The van der Waals surface area contributed by atoms with Crippen LogP contribution in [0.15, 0.2) is 11.1 Å². The van der Waals surface area contributed by atoms with Crippen molar-refractivity contribution in [2.75, 3.05) is 0 Å². The zero-order chi connectivity index (χ0) is 8.06. The van der Waals surface area contributed by atoms with E-state index in [-0.39, 0.29) is 11.9 Å². The molecule has 2 heterocycles. The summed E-state index contributed by atoms with van der Waals surface area (Å²) in [5.74, 6) is 0.0104. The molecule has 0 saturated carbocycles. The fourth-order valence-electron chi connectivity index (χ4n) is 1.58. The summed E-state index contributed by atoms with van der Waals surface area (Å²) in [5.41, 5.74) is -0.566. The number of hydrogen-bond acceptors (Lipinski definition) is 2. The van der Waals surface area contributed by atoms with Crippen LogP contribution in [-0.4, -0.2) is 17.5 Å². The molecule has 0 aromatic heterocycles. The van der Waals surface area contributed by atoms with Crippen molar-refractivity contribution in [2.24, 2.45) is 0 Å². The van der Waals surface area contributed by atoms with Crippen LogP contribution in [0.2, 0.25) is 0 Å². The Bertz CT molecular complexity index is 246. The van der Waals surface area contributed by atoms with Crippen molar-refractivity contribution in [2.45, 2.75) is 31.5 Å². The standard InChI is InChI=1S/C8H9ClO2/c1-8-3-2-6(11-8)5(9)4-7(8)10/h4,6H,2-3H2,1H3. The molecular weight excluding hydrogens is 164 g/mol. The fourth-order valence-corrected chi connectivity index (χ4v) is 1.84. The van der Waals surface area contributed by atoms with Crippen LogP contribution in [0.3, 0.4) is 0 Å². The van der Waals surface area contributed by atoms with Crippen molar-refractivity contribution in [1.82, 2.24) is 0 Å². The number of ketones is 1. The maximum Gasteiger partial charge on any atom is 0.188 e. The van der Waals surface area contributed by atoms with Gasteiger partial charge in [0.05, 0.1) is 11.1 Å². The predicted octanol–water partition coefficient (Wildman–Crippen LogP) is 1.63. The molecule has 2 bridgehead atoms. The summed E-state index contributed by atoms with van der Waals surface area (Å²) in [6.45, 7) is 1.83. The van der Waals surface area contributed by atoms with Gasteiger partial charge in [0.25, 0.3) is 0 Å². The molecule has 2 atom stereocenters. The first-order valence-corrected chi connectivity index (χ1v) is 4.09. The Hall–Kier alpha value is -0.340. The number of rotatable bonds is 0. The number of ether oxygens (including phenoxy) is 1. The molecule has 2 unspecified atom stereocenters. The molecule has 0 aromatic carbocycles. The summed E-state index contributed by atoms with van der Waals surface area (Å²) in [6.07, 6.45) is 3.16. The lowest BCUT2D eigenvalue weighted by molar-refractivity contribution is -0.136. The molecule has 0 amide bonds. The fraction of sp³-hybridized carbons (Fsp3) is 0.625. The summed E-state index contributed by atoms with van der Waals surface area (Å²) in [5, 5.41) is 0.560. The molecule has 11 heavy (non-hydrogen) atoms. The van der Waals surface area contributed by atoms with Crippen LogP contribution >= 0.6 is 11.6 Å². The van der Waals surface area contributed by atoms with Gasteiger partial charge >= 0.3 is 0 Å². The van der Waals surface area contributed by atoms with E-state index in [4.69, 9.17) is 16.3 Å². The Kier molecular flexibility index (Phi) is 1.38. The zero-order valence-electron chi connectivity index (χ0n) is 6.26. The third kappa shape index (κ3) is 0.932. The van der Waals surface area contributed by atoms with E-state index in [2.05, 4.69) is 0 Å². The van der Waals surface area contributed by atoms with E-state index in [1.165, 1.54) is 6.08 Å². The Morgan fingerprint density at radius 1 is 1.82 bits per heavy atom. The molecule has 0 spiro atoms. The number of carbonyl (C=O) groups excluding carboxylic acids is 1. The van der Waals surface area contributed by atoms with E-state index in [0.717, 1.165) is 12.8 Å². The van der Waals surface area contributed by atoms with E-state index in [9.17, 15) is 4.79 Å².